The summed E-state index contributed by atoms with van der Waals surface area (Å²) in [7, 11) is 0. The Labute approximate surface area is 78.1 Å². The predicted octanol–water partition coefficient (Wildman–Crippen LogP) is 1.61. The van der Waals surface area contributed by atoms with E-state index < -0.39 is 0 Å². The molecular formula is C9H16N4. The highest BCUT2D eigenvalue weighted by Gasteiger charge is 2.20. The molecule has 0 saturated heterocycles. The van der Waals surface area contributed by atoms with Crippen LogP contribution in [0.4, 0.5) is 5.95 Å². The molecule has 0 amide bonds. The van der Waals surface area contributed by atoms with Crippen LogP contribution in [0.15, 0.2) is 6.33 Å². The second-order valence-electron chi connectivity index (χ2n) is 4.01. The third kappa shape index (κ3) is 1.82. The summed E-state index contributed by atoms with van der Waals surface area (Å²) in [5, 5.41) is 4.15. The van der Waals surface area contributed by atoms with Crippen LogP contribution in [0.5, 0.6) is 0 Å². The lowest BCUT2D eigenvalue weighted by Gasteiger charge is -2.26. The first-order chi connectivity index (χ1) is 6.25. The van der Waals surface area contributed by atoms with Gasteiger partial charge in [-0.3, -0.25) is 0 Å². The lowest BCUT2D eigenvalue weighted by atomic mass is 9.87. The van der Waals surface area contributed by atoms with E-state index in [1.54, 1.807) is 6.33 Å². The highest BCUT2D eigenvalue weighted by molar-refractivity contribution is 5.09. The number of nitrogen functional groups attached to an aromatic ring is 1. The van der Waals surface area contributed by atoms with Crippen LogP contribution in [0, 0.1) is 5.92 Å². The summed E-state index contributed by atoms with van der Waals surface area (Å²) in [5.41, 5.74) is 5.48. The molecule has 1 aliphatic rings. The van der Waals surface area contributed by atoms with Gasteiger partial charge in [-0.1, -0.05) is 19.8 Å². The van der Waals surface area contributed by atoms with Gasteiger partial charge in [-0.25, -0.2) is 9.67 Å². The molecule has 0 radical (unpaired) electrons. The van der Waals surface area contributed by atoms with E-state index >= 15 is 0 Å². The van der Waals surface area contributed by atoms with Crippen molar-refractivity contribution in [2.24, 2.45) is 5.92 Å². The van der Waals surface area contributed by atoms with Crippen LogP contribution in [-0.4, -0.2) is 14.8 Å². The van der Waals surface area contributed by atoms with Crippen LogP contribution in [0.2, 0.25) is 0 Å². The molecule has 2 N–H and O–H groups in total. The molecular weight excluding hydrogens is 164 g/mol. The first-order valence-corrected chi connectivity index (χ1v) is 4.92. The van der Waals surface area contributed by atoms with E-state index in [2.05, 4.69) is 17.0 Å². The maximum atomic E-state index is 5.48. The first-order valence-electron chi connectivity index (χ1n) is 4.92. The van der Waals surface area contributed by atoms with Crippen LogP contribution < -0.4 is 5.73 Å². The zero-order valence-electron chi connectivity index (χ0n) is 7.98. The molecule has 1 fully saturated rings. The van der Waals surface area contributed by atoms with Crippen molar-refractivity contribution in [1.82, 2.24) is 14.8 Å². The van der Waals surface area contributed by atoms with Gasteiger partial charge in [0.1, 0.15) is 6.33 Å². The number of aromatic nitrogens is 3. The summed E-state index contributed by atoms with van der Waals surface area (Å²) >= 11 is 0. The van der Waals surface area contributed by atoms with Crippen molar-refractivity contribution < 1.29 is 0 Å². The van der Waals surface area contributed by atoms with Crippen LogP contribution in [0.3, 0.4) is 0 Å². The summed E-state index contributed by atoms with van der Waals surface area (Å²) in [4.78, 5) is 3.95. The minimum absolute atomic E-state index is 0.387. The maximum Gasteiger partial charge on any atom is 0.239 e. The Hall–Kier alpha value is -1.06. The van der Waals surface area contributed by atoms with E-state index in [0.29, 0.717) is 12.0 Å². The Morgan fingerprint density at radius 3 is 3.00 bits per heavy atom. The van der Waals surface area contributed by atoms with Gasteiger partial charge >= 0.3 is 0 Å². The highest BCUT2D eigenvalue weighted by atomic mass is 15.4. The summed E-state index contributed by atoms with van der Waals surface area (Å²) in [5.74, 6) is 1.20. The van der Waals surface area contributed by atoms with Gasteiger partial charge in [-0.05, 0) is 18.8 Å². The Kier molecular flexibility index (Phi) is 2.20. The van der Waals surface area contributed by atoms with Gasteiger partial charge in [0.2, 0.25) is 5.95 Å². The molecule has 1 aromatic rings. The summed E-state index contributed by atoms with van der Waals surface area (Å²) in [6, 6.07) is 0.522. The van der Waals surface area contributed by atoms with Crippen LogP contribution in [0.1, 0.15) is 38.6 Å². The number of anilines is 1. The monoisotopic (exact) mass is 180 g/mol. The SMILES string of the molecule is CC1CCCC(n2cnc(N)n2)C1. The smallest absolute Gasteiger partial charge is 0.239 e. The van der Waals surface area contributed by atoms with Gasteiger partial charge < -0.3 is 5.73 Å². The third-order valence-corrected chi connectivity index (χ3v) is 2.81. The van der Waals surface area contributed by atoms with Crippen molar-refractivity contribution in [2.45, 2.75) is 38.6 Å². The van der Waals surface area contributed by atoms with Crippen molar-refractivity contribution in [3.8, 4) is 0 Å². The van der Waals surface area contributed by atoms with Crippen LogP contribution in [-0.2, 0) is 0 Å². The van der Waals surface area contributed by atoms with Gasteiger partial charge in [0.05, 0.1) is 6.04 Å². The molecule has 1 heterocycles. The number of hydrogen-bond acceptors (Lipinski definition) is 3. The van der Waals surface area contributed by atoms with E-state index in [9.17, 15) is 0 Å². The zero-order valence-corrected chi connectivity index (χ0v) is 7.98. The van der Waals surface area contributed by atoms with Gasteiger partial charge in [0, 0.05) is 0 Å². The average Bonchev–Trinajstić information content (AvgIpc) is 2.52. The van der Waals surface area contributed by atoms with Gasteiger partial charge in [0.25, 0.3) is 0 Å². The molecule has 2 atom stereocenters. The number of nitrogens with zero attached hydrogens (tertiary/aromatic N) is 3. The number of nitrogens with two attached hydrogens (primary N) is 1. The van der Waals surface area contributed by atoms with Gasteiger partial charge in [-0.15, -0.1) is 5.10 Å². The lowest BCUT2D eigenvalue weighted by Crippen LogP contribution is -2.18. The summed E-state index contributed by atoms with van der Waals surface area (Å²) < 4.78 is 1.92. The molecule has 1 aliphatic carbocycles. The van der Waals surface area contributed by atoms with E-state index in [1.807, 2.05) is 4.68 Å². The number of hydrogen-bond donors (Lipinski definition) is 1. The predicted molar refractivity (Wildman–Crippen MR) is 51.1 cm³/mol. The fraction of sp³-hybridized carbons (Fsp3) is 0.778. The number of rotatable bonds is 1. The van der Waals surface area contributed by atoms with Crippen molar-refractivity contribution >= 4 is 5.95 Å². The van der Waals surface area contributed by atoms with Crippen molar-refractivity contribution in [1.29, 1.82) is 0 Å². The Morgan fingerprint density at radius 1 is 1.54 bits per heavy atom. The van der Waals surface area contributed by atoms with Crippen molar-refractivity contribution in [3.05, 3.63) is 6.33 Å². The molecule has 4 nitrogen and oxygen atoms in total. The van der Waals surface area contributed by atoms with Gasteiger partial charge in [-0.2, -0.15) is 0 Å². The molecule has 0 bridgehead atoms. The standard InChI is InChI=1S/C9H16N4/c1-7-3-2-4-8(5-7)13-6-11-9(10)12-13/h6-8H,2-5H2,1H3,(H2,10,12). The van der Waals surface area contributed by atoms with Crippen molar-refractivity contribution in [3.63, 3.8) is 0 Å². The molecule has 2 rings (SSSR count). The summed E-state index contributed by atoms with van der Waals surface area (Å²) in [6.45, 7) is 2.30. The molecule has 0 aliphatic heterocycles. The largest absolute Gasteiger partial charge is 0.367 e. The van der Waals surface area contributed by atoms with Gasteiger partial charge in [0.15, 0.2) is 0 Å². The molecule has 0 aromatic carbocycles. The molecule has 2 unspecified atom stereocenters. The minimum atomic E-state index is 0.387. The first kappa shape index (κ1) is 8.53. The van der Waals surface area contributed by atoms with E-state index in [4.69, 9.17) is 5.73 Å². The summed E-state index contributed by atoms with van der Waals surface area (Å²) in [6.07, 6.45) is 6.82. The highest BCUT2D eigenvalue weighted by Crippen LogP contribution is 2.31. The molecule has 1 aromatic heterocycles. The molecule has 4 heteroatoms. The maximum absolute atomic E-state index is 5.48. The fourth-order valence-corrected chi connectivity index (χ4v) is 2.11. The third-order valence-electron chi connectivity index (χ3n) is 2.81. The van der Waals surface area contributed by atoms with E-state index in [0.717, 1.165) is 5.92 Å². The van der Waals surface area contributed by atoms with Crippen LogP contribution >= 0.6 is 0 Å². The molecule has 72 valence electrons. The topological polar surface area (TPSA) is 56.7 Å². The fourth-order valence-electron chi connectivity index (χ4n) is 2.11. The Balaban J connectivity index is 2.08. The molecule has 13 heavy (non-hydrogen) atoms. The van der Waals surface area contributed by atoms with E-state index in [1.165, 1.54) is 25.7 Å². The lowest BCUT2D eigenvalue weighted by molar-refractivity contribution is 0.266. The average molecular weight is 180 g/mol. The Bertz CT molecular complexity index is 281. The second-order valence-corrected chi connectivity index (χ2v) is 4.01. The van der Waals surface area contributed by atoms with Crippen LogP contribution in [0.25, 0.3) is 0 Å². The normalized spacial score (nSPS) is 29.0. The van der Waals surface area contributed by atoms with E-state index in [-0.39, 0.29) is 0 Å². The second kappa shape index (κ2) is 3.36. The molecule has 1 saturated carbocycles. The quantitative estimate of drug-likeness (QED) is 0.714. The van der Waals surface area contributed by atoms with Crippen molar-refractivity contribution in [2.75, 3.05) is 5.73 Å². The minimum Gasteiger partial charge on any atom is -0.367 e. The molecule has 0 spiro atoms. The Morgan fingerprint density at radius 2 is 2.38 bits per heavy atom. The zero-order chi connectivity index (χ0) is 9.26.